The summed E-state index contributed by atoms with van der Waals surface area (Å²) < 4.78 is 0. The summed E-state index contributed by atoms with van der Waals surface area (Å²) in [5.41, 5.74) is 1.09. The quantitative estimate of drug-likeness (QED) is 0.503. The predicted molar refractivity (Wildman–Crippen MR) is 68.5 cm³/mol. The van der Waals surface area contributed by atoms with E-state index < -0.39 is 8.07 Å². The van der Waals surface area contributed by atoms with Gasteiger partial charge in [0.05, 0.1) is 8.07 Å². The SMILES string of the molecule is C1=CCC=C1.CC1CCCC[Si]1(C)C. The van der Waals surface area contributed by atoms with Crippen molar-refractivity contribution >= 4 is 8.07 Å². The first-order chi connectivity index (χ1) is 6.63. The molecule has 0 amide bonds. The van der Waals surface area contributed by atoms with Gasteiger partial charge in [-0.15, -0.1) is 0 Å². The molecule has 2 rings (SSSR count). The first-order valence-corrected chi connectivity index (χ1v) is 9.23. The van der Waals surface area contributed by atoms with Crippen molar-refractivity contribution in [2.24, 2.45) is 0 Å². The van der Waals surface area contributed by atoms with Crippen LogP contribution in [-0.4, -0.2) is 8.07 Å². The molecule has 0 spiro atoms. The van der Waals surface area contributed by atoms with Crippen molar-refractivity contribution in [3.63, 3.8) is 0 Å². The maximum atomic E-state index is 2.54. The molecule has 1 atom stereocenters. The summed E-state index contributed by atoms with van der Waals surface area (Å²) in [7, 11) is -0.694. The fourth-order valence-corrected chi connectivity index (χ4v) is 4.70. The van der Waals surface area contributed by atoms with Gasteiger partial charge in [-0.05, 0) is 12.0 Å². The van der Waals surface area contributed by atoms with Crippen molar-refractivity contribution < 1.29 is 0 Å². The second-order valence-electron chi connectivity index (χ2n) is 5.23. The van der Waals surface area contributed by atoms with Gasteiger partial charge in [-0.3, -0.25) is 0 Å². The zero-order valence-electron chi connectivity index (χ0n) is 9.92. The van der Waals surface area contributed by atoms with Crippen LogP contribution in [0.4, 0.5) is 0 Å². The summed E-state index contributed by atoms with van der Waals surface area (Å²) in [4.78, 5) is 0. The summed E-state index contributed by atoms with van der Waals surface area (Å²) in [5.74, 6) is 0. The Hall–Kier alpha value is -0.303. The Kier molecular flexibility index (Phi) is 4.66. The van der Waals surface area contributed by atoms with Crippen LogP contribution in [0, 0.1) is 0 Å². The predicted octanol–water partition coefficient (Wildman–Crippen LogP) is 4.77. The molecule has 0 bridgehead atoms. The van der Waals surface area contributed by atoms with E-state index in [9.17, 15) is 0 Å². The molecule has 1 fully saturated rings. The Bertz CT molecular complexity index is 203. The van der Waals surface area contributed by atoms with Crippen molar-refractivity contribution in [3.8, 4) is 0 Å². The molecule has 0 radical (unpaired) electrons. The van der Waals surface area contributed by atoms with Crippen LogP contribution in [0.1, 0.15) is 32.6 Å². The van der Waals surface area contributed by atoms with E-state index in [1.807, 2.05) is 0 Å². The van der Waals surface area contributed by atoms with Crippen molar-refractivity contribution in [2.75, 3.05) is 0 Å². The van der Waals surface area contributed by atoms with Crippen LogP contribution >= 0.6 is 0 Å². The van der Waals surface area contributed by atoms with Gasteiger partial charge in [-0.2, -0.15) is 0 Å². The van der Waals surface area contributed by atoms with Gasteiger partial charge < -0.3 is 0 Å². The minimum atomic E-state index is -0.694. The summed E-state index contributed by atoms with van der Waals surface area (Å²) in [6, 6.07) is 1.58. The lowest BCUT2D eigenvalue weighted by Crippen LogP contribution is -2.33. The highest BCUT2D eigenvalue weighted by molar-refractivity contribution is 6.78. The Morgan fingerprint density at radius 1 is 1.07 bits per heavy atom. The molecule has 1 heterocycles. The van der Waals surface area contributed by atoms with Gasteiger partial charge in [0.25, 0.3) is 0 Å². The third kappa shape index (κ3) is 3.83. The lowest BCUT2D eigenvalue weighted by molar-refractivity contribution is 0.635. The van der Waals surface area contributed by atoms with Crippen LogP contribution in [0.3, 0.4) is 0 Å². The van der Waals surface area contributed by atoms with Gasteiger partial charge in [-0.1, -0.05) is 69.6 Å². The van der Waals surface area contributed by atoms with Crippen molar-refractivity contribution in [1.29, 1.82) is 0 Å². The van der Waals surface area contributed by atoms with Gasteiger partial charge in [0.1, 0.15) is 0 Å². The molecule has 0 aromatic carbocycles. The summed E-state index contributed by atoms with van der Waals surface area (Å²) in [5, 5.41) is 0. The van der Waals surface area contributed by atoms with E-state index in [4.69, 9.17) is 0 Å². The smallest absolute Gasteiger partial charge is 0.0502 e. The van der Waals surface area contributed by atoms with E-state index in [-0.39, 0.29) is 0 Å². The monoisotopic (exact) mass is 208 g/mol. The molecule has 0 nitrogen and oxygen atoms in total. The lowest BCUT2D eigenvalue weighted by Gasteiger charge is -2.34. The fourth-order valence-electron chi connectivity index (χ4n) is 2.06. The zero-order valence-corrected chi connectivity index (χ0v) is 10.9. The van der Waals surface area contributed by atoms with E-state index in [1.165, 1.54) is 19.3 Å². The third-order valence-corrected chi connectivity index (χ3v) is 8.30. The van der Waals surface area contributed by atoms with Crippen LogP contribution in [0.5, 0.6) is 0 Å². The van der Waals surface area contributed by atoms with Crippen LogP contribution < -0.4 is 0 Å². The minimum Gasteiger partial charge on any atom is -0.0808 e. The second kappa shape index (κ2) is 5.55. The highest BCUT2D eigenvalue weighted by atomic mass is 28.3. The van der Waals surface area contributed by atoms with Crippen molar-refractivity contribution in [3.05, 3.63) is 24.3 Å². The highest BCUT2D eigenvalue weighted by Crippen LogP contribution is 2.36. The van der Waals surface area contributed by atoms with Crippen molar-refractivity contribution in [2.45, 2.75) is 57.3 Å². The van der Waals surface area contributed by atoms with E-state index >= 15 is 0 Å². The molecular weight excluding hydrogens is 184 g/mol. The van der Waals surface area contributed by atoms with E-state index in [0.29, 0.717) is 0 Å². The summed E-state index contributed by atoms with van der Waals surface area (Å²) in [6.07, 6.45) is 14.0. The van der Waals surface area contributed by atoms with Crippen LogP contribution in [0.15, 0.2) is 24.3 Å². The molecule has 14 heavy (non-hydrogen) atoms. The molecule has 0 saturated carbocycles. The standard InChI is InChI=1S/C8H18Si.C5H6/c1-8-6-4-5-7-9(8,2)3;1-2-4-5-3-1/h8H,4-7H2,1-3H3;1-4H,5H2. The number of rotatable bonds is 0. The zero-order chi connectivity index (χ0) is 10.4. The van der Waals surface area contributed by atoms with E-state index in [2.05, 4.69) is 44.3 Å². The first-order valence-electron chi connectivity index (χ1n) is 5.94. The molecule has 1 aliphatic heterocycles. The number of hydrogen-bond acceptors (Lipinski definition) is 0. The van der Waals surface area contributed by atoms with Gasteiger partial charge in [-0.25, -0.2) is 0 Å². The normalized spacial score (nSPS) is 28.4. The molecule has 1 heteroatoms. The van der Waals surface area contributed by atoms with Gasteiger partial charge in [0.2, 0.25) is 0 Å². The Labute approximate surface area is 90.1 Å². The average Bonchev–Trinajstić information content (AvgIpc) is 2.67. The molecule has 1 saturated heterocycles. The minimum absolute atomic E-state index is 0.694. The van der Waals surface area contributed by atoms with Gasteiger partial charge >= 0.3 is 0 Å². The molecule has 2 aliphatic rings. The highest BCUT2D eigenvalue weighted by Gasteiger charge is 2.30. The van der Waals surface area contributed by atoms with Crippen molar-refractivity contribution in [1.82, 2.24) is 0 Å². The summed E-state index contributed by atoms with van der Waals surface area (Å²) >= 11 is 0. The molecule has 1 aliphatic carbocycles. The van der Waals surface area contributed by atoms with Gasteiger partial charge in [0.15, 0.2) is 0 Å². The van der Waals surface area contributed by atoms with Crippen LogP contribution in [0.25, 0.3) is 0 Å². The number of hydrogen-bond donors (Lipinski definition) is 0. The second-order valence-corrected chi connectivity index (χ2v) is 10.7. The Morgan fingerprint density at radius 3 is 2.00 bits per heavy atom. The Balaban J connectivity index is 0.000000165. The maximum Gasteiger partial charge on any atom is 0.0502 e. The molecule has 0 aromatic rings. The lowest BCUT2D eigenvalue weighted by atomic mass is 10.2. The molecule has 80 valence electrons. The largest absolute Gasteiger partial charge is 0.0808 e. The fraction of sp³-hybridized carbons (Fsp3) is 0.692. The van der Waals surface area contributed by atoms with Crippen LogP contribution in [-0.2, 0) is 0 Å². The molecule has 0 N–H and O–H groups in total. The molecule has 1 unspecified atom stereocenters. The summed E-state index contributed by atoms with van der Waals surface area (Å²) in [6.45, 7) is 7.53. The third-order valence-electron chi connectivity index (χ3n) is 3.70. The van der Waals surface area contributed by atoms with E-state index in [1.54, 1.807) is 6.04 Å². The Morgan fingerprint density at radius 2 is 1.71 bits per heavy atom. The first kappa shape index (κ1) is 11.8. The van der Waals surface area contributed by atoms with Gasteiger partial charge in [0, 0.05) is 0 Å². The average molecular weight is 208 g/mol. The maximum absolute atomic E-state index is 2.54. The number of allylic oxidation sites excluding steroid dienone is 4. The topological polar surface area (TPSA) is 0 Å². The molecular formula is C13H24Si. The van der Waals surface area contributed by atoms with Crippen LogP contribution in [0.2, 0.25) is 24.7 Å². The molecule has 0 aromatic heterocycles. The van der Waals surface area contributed by atoms with E-state index in [0.717, 1.165) is 12.0 Å².